The molecule has 2 heterocycles. The number of rotatable bonds is 2. The minimum atomic E-state index is -0.525. The molecule has 0 aromatic rings. The topological polar surface area (TPSA) is 70.8 Å². The number of esters is 1. The van der Waals surface area contributed by atoms with Crippen molar-refractivity contribution in [1.29, 1.82) is 0 Å². The molecule has 5 heteroatoms. The van der Waals surface area contributed by atoms with Crippen LogP contribution in [0.4, 0.5) is 0 Å². The van der Waals surface area contributed by atoms with E-state index in [-0.39, 0.29) is 17.9 Å². The van der Waals surface area contributed by atoms with Crippen LogP contribution in [0.5, 0.6) is 0 Å². The van der Waals surface area contributed by atoms with Crippen molar-refractivity contribution in [3.63, 3.8) is 0 Å². The number of ether oxygens (including phenoxy) is 3. The summed E-state index contributed by atoms with van der Waals surface area (Å²) in [6.07, 6.45) is 12.5. The van der Waals surface area contributed by atoms with Gasteiger partial charge in [0.15, 0.2) is 5.79 Å². The van der Waals surface area contributed by atoms with Crippen molar-refractivity contribution in [3.8, 4) is 0 Å². The standard InChI is InChI=1S/C30H49NO4/c1-17-8-13-30(33-16-17)18(2)26-25(35-30)15-24-22-7-6-20-14-21(34-27(32)19(3)31)9-11-28(20,4)23(22)10-12-29(24,26)5/h17-26H,6-16,31H2,1-5H3/t17-,18+,19+,20-,21-,22?,23?,24?,25+,26+,28+,29+,30-/m1/s1. The highest BCUT2D eigenvalue weighted by molar-refractivity contribution is 5.75. The highest BCUT2D eigenvalue weighted by Crippen LogP contribution is 2.71. The predicted octanol–water partition coefficient (Wildman–Crippen LogP) is 5.69. The normalized spacial score (nSPS) is 56.0. The molecule has 0 amide bonds. The van der Waals surface area contributed by atoms with E-state index in [1.165, 1.54) is 44.9 Å². The number of hydrogen-bond donors (Lipinski definition) is 1. The Morgan fingerprint density at radius 1 is 0.971 bits per heavy atom. The average molecular weight is 488 g/mol. The Morgan fingerprint density at radius 2 is 1.74 bits per heavy atom. The van der Waals surface area contributed by atoms with Crippen LogP contribution in [0.3, 0.4) is 0 Å². The second-order valence-corrected chi connectivity index (χ2v) is 14.3. The molecule has 0 radical (unpaired) electrons. The van der Waals surface area contributed by atoms with Gasteiger partial charge in [-0.15, -0.1) is 0 Å². The number of hydrogen-bond acceptors (Lipinski definition) is 5. The van der Waals surface area contributed by atoms with E-state index < -0.39 is 6.04 Å². The Kier molecular flexibility index (Phi) is 5.94. The summed E-state index contributed by atoms with van der Waals surface area (Å²) < 4.78 is 19.2. The minimum Gasteiger partial charge on any atom is -0.461 e. The monoisotopic (exact) mass is 487 g/mol. The fraction of sp³-hybridized carbons (Fsp3) is 0.967. The van der Waals surface area contributed by atoms with E-state index >= 15 is 0 Å². The molecule has 0 aromatic heterocycles. The summed E-state index contributed by atoms with van der Waals surface area (Å²) in [7, 11) is 0. The Bertz CT molecular complexity index is 836. The van der Waals surface area contributed by atoms with Crippen LogP contribution in [0, 0.1) is 52.3 Å². The molecule has 0 aromatic carbocycles. The third-order valence-electron chi connectivity index (χ3n) is 12.5. The molecule has 1 spiro atoms. The van der Waals surface area contributed by atoms with Crippen LogP contribution in [0.2, 0.25) is 0 Å². The fourth-order valence-corrected chi connectivity index (χ4v) is 10.6. The molecule has 4 aliphatic carbocycles. The second kappa shape index (κ2) is 8.43. The lowest BCUT2D eigenvalue weighted by molar-refractivity contribution is -0.273. The molecule has 6 fully saturated rings. The third-order valence-corrected chi connectivity index (χ3v) is 12.5. The quantitative estimate of drug-likeness (QED) is 0.507. The van der Waals surface area contributed by atoms with Gasteiger partial charge in [0.1, 0.15) is 12.1 Å². The highest BCUT2D eigenvalue weighted by Gasteiger charge is 2.69. The van der Waals surface area contributed by atoms with Gasteiger partial charge >= 0.3 is 5.97 Å². The van der Waals surface area contributed by atoms with Gasteiger partial charge < -0.3 is 19.9 Å². The van der Waals surface area contributed by atoms with Crippen LogP contribution in [0.1, 0.15) is 98.8 Å². The first-order valence-corrected chi connectivity index (χ1v) is 14.9. The van der Waals surface area contributed by atoms with Crippen LogP contribution in [0.25, 0.3) is 0 Å². The Balaban J connectivity index is 1.18. The van der Waals surface area contributed by atoms with E-state index in [9.17, 15) is 4.79 Å². The van der Waals surface area contributed by atoms with E-state index in [4.69, 9.17) is 19.9 Å². The SMILES string of the molecule is C[C@@H]1CC[C@@]2(OC1)O[C@H]1CC3C4CC[C@@H]5C[C@H](OC(=O)[C@H](C)N)CC[C@]5(C)C4CC[C@]3(C)[C@H]1[C@@H]2C. The Hall–Kier alpha value is -0.650. The number of fused-ring (bicyclic) bond motifs is 7. The summed E-state index contributed by atoms with van der Waals surface area (Å²) in [6, 6.07) is -0.525. The van der Waals surface area contributed by atoms with Gasteiger partial charge in [0.25, 0.3) is 0 Å². The van der Waals surface area contributed by atoms with Crippen LogP contribution in [0.15, 0.2) is 0 Å². The van der Waals surface area contributed by atoms with Gasteiger partial charge in [0.2, 0.25) is 0 Å². The molecular weight excluding hydrogens is 438 g/mol. The van der Waals surface area contributed by atoms with Crippen molar-refractivity contribution < 1.29 is 19.0 Å². The molecular formula is C30H49NO4. The molecule has 2 saturated heterocycles. The van der Waals surface area contributed by atoms with Crippen LogP contribution < -0.4 is 5.73 Å². The molecule has 3 unspecified atom stereocenters. The zero-order valence-electron chi connectivity index (χ0n) is 22.8. The summed E-state index contributed by atoms with van der Waals surface area (Å²) in [4.78, 5) is 12.1. The fourth-order valence-electron chi connectivity index (χ4n) is 10.6. The smallest absolute Gasteiger partial charge is 0.322 e. The van der Waals surface area contributed by atoms with Gasteiger partial charge in [-0.05, 0) is 111 Å². The van der Waals surface area contributed by atoms with Crippen molar-refractivity contribution in [2.45, 2.75) is 123 Å². The molecule has 4 saturated carbocycles. The van der Waals surface area contributed by atoms with Gasteiger partial charge in [-0.25, -0.2) is 0 Å². The van der Waals surface area contributed by atoms with Crippen LogP contribution in [-0.4, -0.2) is 36.6 Å². The Morgan fingerprint density at radius 3 is 2.46 bits per heavy atom. The van der Waals surface area contributed by atoms with Gasteiger partial charge in [-0.1, -0.05) is 27.7 Å². The summed E-state index contributed by atoms with van der Waals surface area (Å²) >= 11 is 0. The van der Waals surface area contributed by atoms with Crippen molar-refractivity contribution in [2.75, 3.05) is 6.61 Å². The van der Waals surface area contributed by atoms with Crippen LogP contribution >= 0.6 is 0 Å². The zero-order valence-corrected chi connectivity index (χ0v) is 22.8. The third kappa shape index (κ3) is 3.61. The lowest BCUT2D eigenvalue weighted by Crippen LogP contribution is -2.55. The van der Waals surface area contributed by atoms with E-state index in [0.29, 0.717) is 40.6 Å². The number of carbonyl (C=O) groups is 1. The second-order valence-electron chi connectivity index (χ2n) is 14.3. The van der Waals surface area contributed by atoms with Crippen LogP contribution in [-0.2, 0) is 19.0 Å². The molecule has 198 valence electrons. The van der Waals surface area contributed by atoms with E-state index in [2.05, 4.69) is 27.7 Å². The molecule has 0 bridgehead atoms. The molecule has 13 atom stereocenters. The van der Waals surface area contributed by atoms with Gasteiger partial charge in [0, 0.05) is 12.3 Å². The summed E-state index contributed by atoms with van der Waals surface area (Å²) in [6.45, 7) is 12.5. The maximum Gasteiger partial charge on any atom is 0.322 e. The minimum absolute atomic E-state index is 0.0615. The largest absolute Gasteiger partial charge is 0.461 e. The lowest BCUT2D eigenvalue weighted by atomic mass is 9.44. The van der Waals surface area contributed by atoms with E-state index in [1.54, 1.807) is 6.92 Å². The highest BCUT2D eigenvalue weighted by atomic mass is 16.7. The van der Waals surface area contributed by atoms with Crippen molar-refractivity contribution in [2.24, 2.45) is 58.0 Å². The first-order valence-electron chi connectivity index (χ1n) is 14.9. The van der Waals surface area contributed by atoms with Crippen molar-refractivity contribution in [1.82, 2.24) is 0 Å². The van der Waals surface area contributed by atoms with Gasteiger partial charge in [0.05, 0.1) is 12.7 Å². The lowest BCUT2D eigenvalue weighted by Gasteiger charge is -2.61. The average Bonchev–Trinajstić information content (AvgIpc) is 3.26. The predicted molar refractivity (Wildman–Crippen MR) is 135 cm³/mol. The molecule has 6 rings (SSSR count). The van der Waals surface area contributed by atoms with E-state index in [1.807, 2.05) is 0 Å². The summed E-state index contributed by atoms with van der Waals surface area (Å²) in [5.41, 5.74) is 6.54. The molecule has 2 N–H and O–H groups in total. The molecule has 5 nitrogen and oxygen atoms in total. The summed E-state index contributed by atoms with van der Waals surface area (Å²) in [5, 5.41) is 0. The van der Waals surface area contributed by atoms with Gasteiger partial charge in [-0.2, -0.15) is 0 Å². The number of carbonyl (C=O) groups excluding carboxylic acids is 1. The maximum absolute atomic E-state index is 12.1. The first-order chi connectivity index (χ1) is 16.6. The summed E-state index contributed by atoms with van der Waals surface area (Å²) in [5.74, 6) is 4.32. The Labute approximate surface area is 212 Å². The van der Waals surface area contributed by atoms with Crippen molar-refractivity contribution >= 4 is 5.97 Å². The molecule has 2 aliphatic heterocycles. The van der Waals surface area contributed by atoms with Gasteiger partial charge in [-0.3, -0.25) is 4.79 Å². The maximum atomic E-state index is 12.1. The zero-order chi connectivity index (χ0) is 24.8. The van der Waals surface area contributed by atoms with E-state index in [0.717, 1.165) is 43.6 Å². The molecule has 6 aliphatic rings. The molecule has 35 heavy (non-hydrogen) atoms. The first kappa shape index (κ1) is 24.7. The number of nitrogens with two attached hydrogens (primary N) is 1. The van der Waals surface area contributed by atoms with Crippen molar-refractivity contribution in [3.05, 3.63) is 0 Å².